The van der Waals surface area contributed by atoms with Crippen molar-refractivity contribution in [3.8, 4) is 0 Å². The number of imidazole rings is 1. The monoisotopic (exact) mass is 209 g/mol. The first-order valence-corrected chi connectivity index (χ1v) is 5.19. The van der Waals surface area contributed by atoms with E-state index >= 15 is 0 Å². The van der Waals surface area contributed by atoms with Gasteiger partial charge in [0.15, 0.2) is 0 Å². The second-order valence-electron chi connectivity index (χ2n) is 2.99. The van der Waals surface area contributed by atoms with Gasteiger partial charge in [0.1, 0.15) is 12.4 Å². The molecule has 0 saturated heterocycles. The summed E-state index contributed by atoms with van der Waals surface area (Å²) in [6.07, 6.45) is 3.53. The molecule has 0 saturated carbocycles. The van der Waals surface area contributed by atoms with Gasteiger partial charge in [0.05, 0.1) is 17.2 Å². The Hall–Kier alpha value is -1.20. The number of aliphatic hydroxyl groups is 1. The molecule has 0 aliphatic rings. The highest BCUT2D eigenvalue weighted by molar-refractivity contribution is 7.09. The zero-order chi connectivity index (χ0) is 9.97. The van der Waals surface area contributed by atoms with Gasteiger partial charge in [-0.3, -0.25) is 0 Å². The Balaban J connectivity index is 2.18. The van der Waals surface area contributed by atoms with Gasteiger partial charge in [-0.1, -0.05) is 0 Å². The topological polar surface area (TPSA) is 50.9 Å². The zero-order valence-electron chi connectivity index (χ0n) is 7.84. The van der Waals surface area contributed by atoms with Crippen LogP contribution in [0.5, 0.6) is 0 Å². The molecule has 5 heteroatoms. The first kappa shape index (κ1) is 9.36. The lowest BCUT2D eigenvalue weighted by Crippen LogP contribution is -2.04. The maximum absolute atomic E-state index is 8.99. The van der Waals surface area contributed by atoms with E-state index in [0.717, 1.165) is 10.7 Å². The number of hydrogen-bond donors (Lipinski definition) is 1. The summed E-state index contributed by atoms with van der Waals surface area (Å²) in [6.45, 7) is 2.63. The molecule has 0 aromatic carbocycles. The molecule has 2 heterocycles. The number of nitrogens with zero attached hydrogens (tertiary/aromatic N) is 3. The fourth-order valence-electron chi connectivity index (χ4n) is 1.29. The van der Waals surface area contributed by atoms with Crippen LogP contribution in [0.3, 0.4) is 0 Å². The van der Waals surface area contributed by atoms with Gasteiger partial charge in [-0.2, -0.15) is 0 Å². The predicted molar refractivity (Wildman–Crippen MR) is 54.1 cm³/mol. The minimum absolute atomic E-state index is 0.0316. The third kappa shape index (κ3) is 1.83. The van der Waals surface area contributed by atoms with Crippen LogP contribution in [0.25, 0.3) is 0 Å². The Morgan fingerprint density at radius 2 is 2.43 bits per heavy atom. The molecule has 0 spiro atoms. The molecule has 0 atom stereocenters. The van der Waals surface area contributed by atoms with Crippen LogP contribution < -0.4 is 0 Å². The van der Waals surface area contributed by atoms with Crippen molar-refractivity contribution in [3.05, 3.63) is 34.3 Å². The van der Waals surface area contributed by atoms with Crippen LogP contribution in [0.4, 0.5) is 0 Å². The zero-order valence-corrected chi connectivity index (χ0v) is 8.66. The van der Waals surface area contributed by atoms with Crippen LogP contribution >= 0.6 is 11.3 Å². The van der Waals surface area contributed by atoms with Crippen LogP contribution in [0.1, 0.15) is 16.5 Å². The third-order valence-electron chi connectivity index (χ3n) is 1.94. The second-order valence-corrected chi connectivity index (χ2v) is 4.05. The summed E-state index contributed by atoms with van der Waals surface area (Å²) >= 11 is 1.63. The maximum atomic E-state index is 8.99. The number of rotatable bonds is 3. The van der Waals surface area contributed by atoms with E-state index in [4.69, 9.17) is 5.11 Å². The van der Waals surface area contributed by atoms with Crippen LogP contribution in [-0.2, 0) is 13.2 Å². The third-order valence-corrected chi connectivity index (χ3v) is 2.76. The van der Waals surface area contributed by atoms with Crippen LogP contribution in [0, 0.1) is 6.92 Å². The highest BCUT2D eigenvalue weighted by atomic mass is 32.1. The van der Waals surface area contributed by atoms with Crippen molar-refractivity contribution >= 4 is 11.3 Å². The molecule has 0 aliphatic heterocycles. The largest absolute Gasteiger partial charge is 0.388 e. The predicted octanol–water partition coefficient (Wildman–Crippen LogP) is 1.19. The summed E-state index contributed by atoms with van der Waals surface area (Å²) < 4.78 is 1.90. The summed E-state index contributed by atoms with van der Waals surface area (Å²) in [5.41, 5.74) is 1.01. The summed E-state index contributed by atoms with van der Waals surface area (Å²) in [7, 11) is 0. The number of aliphatic hydroxyl groups excluding tert-OH is 1. The second kappa shape index (κ2) is 3.89. The van der Waals surface area contributed by atoms with Crippen molar-refractivity contribution < 1.29 is 5.11 Å². The number of hydrogen-bond acceptors (Lipinski definition) is 4. The van der Waals surface area contributed by atoms with E-state index in [1.54, 1.807) is 17.5 Å². The highest BCUT2D eigenvalue weighted by Crippen LogP contribution is 2.10. The van der Waals surface area contributed by atoms with E-state index in [1.807, 2.05) is 23.1 Å². The molecule has 2 aromatic rings. The lowest BCUT2D eigenvalue weighted by atomic mass is 10.4. The first-order chi connectivity index (χ1) is 6.79. The normalized spacial score (nSPS) is 10.7. The molecule has 14 heavy (non-hydrogen) atoms. The van der Waals surface area contributed by atoms with E-state index in [-0.39, 0.29) is 6.61 Å². The molecule has 0 bridgehead atoms. The molecule has 4 nitrogen and oxygen atoms in total. The van der Waals surface area contributed by atoms with Crippen molar-refractivity contribution in [2.45, 2.75) is 20.1 Å². The van der Waals surface area contributed by atoms with E-state index < -0.39 is 0 Å². The molecule has 2 rings (SSSR count). The Bertz CT molecular complexity index is 421. The fraction of sp³-hybridized carbons (Fsp3) is 0.333. The van der Waals surface area contributed by atoms with Crippen molar-refractivity contribution in [2.24, 2.45) is 0 Å². The van der Waals surface area contributed by atoms with Crippen LogP contribution in [0.2, 0.25) is 0 Å². The minimum atomic E-state index is -0.0316. The lowest BCUT2D eigenvalue weighted by Gasteiger charge is -2.02. The highest BCUT2D eigenvalue weighted by Gasteiger charge is 2.03. The van der Waals surface area contributed by atoms with Gasteiger partial charge in [-0.15, -0.1) is 11.3 Å². The molecule has 0 fully saturated rings. The Morgan fingerprint density at radius 3 is 3.07 bits per heavy atom. The molecule has 74 valence electrons. The van der Waals surface area contributed by atoms with Crippen molar-refractivity contribution in [3.63, 3.8) is 0 Å². The SMILES string of the molecule is Cc1nc(Cn2ccnc2CO)cs1. The van der Waals surface area contributed by atoms with E-state index in [2.05, 4.69) is 9.97 Å². The minimum Gasteiger partial charge on any atom is -0.388 e. The van der Waals surface area contributed by atoms with Crippen molar-refractivity contribution in [2.75, 3.05) is 0 Å². The fourth-order valence-corrected chi connectivity index (χ4v) is 1.89. The van der Waals surface area contributed by atoms with E-state index in [9.17, 15) is 0 Å². The molecule has 1 N–H and O–H groups in total. The van der Waals surface area contributed by atoms with Crippen molar-refractivity contribution in [1.82, 2.24) is 14.5 Å². The number of aromatic nitrogens is 3. The molecule has 0 amide bonds. The van der Waals surface area contributed by atoms with Gasteiger partial charge in [0.2, 0.25) is 0 Å². The summed E-state index contributed by atoms with van der Waals surface area (Å²) in [6, 6.07) is 0. The molecular weight excluding hydrogens is 198 g/mol. The Kier molecular flexibility index (Phi) is 2.60. The van der Waals surface area contributed by atoms with E-state index in [1.165, 1.54) is 0 Å². The summed E-state index contributed by atoms with van der Waals surface area (Å²) in [4.78, 5) is 8.38. The van der Waals surface area contributed by atoms with Gasteiger partial charge in [-0.25, -0.2) is 9.97 Å². The first-order valence-electron chi connectivity index (χ1n) is 4.31. The smallest absolute Gasteiger partial charge is 0.134 e. The Labute approximate surface area is 85.9 Å². The number of aryl methyl sites for hydroxylation is 1. The molecule has 0 unspecified atom stereocenters. The van der Waals surface area contributed by atoms with E-state index in [0.29, 0.717) is 12.4 Å². The van der Waals surface area contributed by atoms with Crippen LogP contribution in [-0.4, -0.2) is 19.6 Å². The summed E-state index contributed by atoms with van der Waals surface area (Å²) in [5, 5.41) is 12.1. The van der Waals surface area contributed by atoms with Gasteiger partial charge >= 0.3 is 0 Å². The van der Waals surface area contributed by atoms with Gasteiger partial charge in [-0.05, 0) is 6.92 Å². The van der Waals surface area contributed by atoms with Gasteiger partial charge in [0, 0.05) is 17.8 Å². The average Bonchev–Trinajstić information content (AvgIpc) is 2.76. The molecular formula is C9H11N3OS. The molecule has 2 aromatic heterocycles. The quantitative estimate of drug-likeness (QED) is 0.826. The van der Waals surface area contributed by atoms with Crippen LogP contribution in [0.15, 0.2) is 17.8 Å². The average molecular weight is 209 g/mol. The number of thiazole rings is 1. The summed E-state index contributed by atoms with van der Waals surface area (Å²) in [5.74, 6) is 0.677. The van der Waals surface area contributed by atoms with Crippen molar-refractivity contribution in [1.29, 1.82) is 0 Å². The Morgan fingerprint density at radius 1 is 1.57 bits per heavy atom. The van der Waals surface area contributed by atoms with Gasteiger partial charge in [0.25, 0.3) is 0 Å². The van der Waals surface area contributed by atoms with Gasteiger partial charge < -0.3 is 9.67 Å². The standard InChI is InChI=1S/C9H11N3OS/c1-7-11-8(6-14-7)4-12-3-2-10-9(12)5-13/h2-3,6,13H,4-5H2,1H3. The molecule has 0 radical (unpaired) electrons. The maximum Gasteiger partial charge on any atom is 0.134 e. The molecule has 0 aliphatic carbocycles. The lowest BCUT2D eigenvalue weighted by molar-refractivity contribution is 0.266.